The SMILES string of the molecule is CCN(CC)CC.O=C(Nc1ncnc2c1ncn2C1OC(CO)C(O[PH](=O)O)C1F)c1ccccc1. The Morgan fingerprint density at radius 2 is 1.86 bits per heavy atom. The van der Waals surface area contributed by atoms with Crippen LogP contribution in [0.3, 0.4) is 0 Å². The van der Waals surface area contributed by atoms with E-state index in [1.165, 1.54) is 36.9 Å². The largest absolute Gasteiger partial charge is 0.394 e. The average molecular weight is 539 g/mol. The van der Waals surface area contributed by atoms with Gasteiger partial charge in [0.25, 0.3) is 5.91 Å². The molecule has 1 aromatic carbocycles. The number of nitrogens with one attached hydrogen (secondary N) is 1. The molecule has 1 aliphatic heterocycles. The monoisotopic (exact) mass is 538 g/mol. The van der Waals surface area contributed by atoms with Gasteiger partial charge in [0.05, 0.1) is 12.9 Å². The normalized spacial score (nSPS) is 22.0. The number of hydrogen-bond acceptors (Lipinski definition) is 9. The Bertz CT molecular complexity index is 1180. The van der Waals surface area contributed by atoms with Crippen molar-refractivity contribution in [3.63, 3.8) is 0 Å². The van der Waals surface area contributed by atoms with E-state index in [4.69, 9.17) is 14.2 Å². The van der Waals surface area contributed by atoms with Crippen molar-refractivity contribution in [1.29, 1.82) is 0 Å². The van der Waals surface area contributed by atoms with E-state index in [-0.39, 0.29) is 17.0 Å². The van der Waals surface area contributed by atoms with E-state index >= 15 is 0 Å². The maximum atomic E-state index is 14.9. The number of benzene rings is 1. The fourth-order valence-electron chi connectivity index (χ4n) is 3.89. The predicted molar refractivity (Wildman–Crippen MR) is 135 cm³/mol. The lowest BCUT2D eigenvalue weighted by Gasteiger charge is -2.16. The molecule has 0 radical (unpaired) electrons. The first-order valence-electron chi connectivity index (χ1n) is 11.9. The lowest BCUT2D eigenvalue weighted by atomic mass is 10.1. The molecule has 5 unspecified atom stereocenters. The van der Waals surface area contributed by atoms with Crippen LogP contribution in [0.4, 0.5) is 10.2 Å². The molecule has 37 heavy (non-hydrogen) atoms. The molecule has 0 bridgehead atoms. The molecule has 0 spiro atoms. The van der Waals surface area contributed by atoms with Gasteiger partial charge in [0.1, 0.15) is 18.5 Å². The van der Waals surface area contributed by atoms with E-state index in [1.807, 2.05) is 0 Å². The maximum Gasteiger partial charge on any atom is 0.317 e. The van der Waals surface area contributed by atoms with Gasteiger partial charge in [-0.1, -0.05) is 39.0 Å². The van der Waals surface area contributed by atoms with Gasteiger partial charge in [-0.05, 0) is 31.8 Å². The summed E-state index contributed by atoms with van der Waals surface area (Å²) >= 11 is 0. The summed E-state index contributed by atoms with van der Waals surface area (Å²) in [6.45, 7) is 9.51. The van der Waals surface area contributed by atoms with Crippen LogP contribution in [-0.2, 0) is 13.8 Å². The van der Waals surface area contributed by atoms with Gasteiger partial charge in [0, 0.05) is 5.56 Å². The molecule has 202 valence electrons. The van der Waals surface area contributed by atoms with E-state index in [1.54, 1.807) is 30.3 Å². The van der Waals surface area contributed by atoms with Gasteiger partial charge in [-0.15, -0.1) is 0 Å². The van der Waals surface area contributed by atoms with Gasteiger partial charge < -0.3 is 29.5 Å². The van der Waals surface area contributed by atoms with Crippen LogP contribution in [0.25, 0.3) is 11.2 Å². The second-order valence-corrected chi connectivity index (χ2v) is 8.79. The van der Waals surface area contributed by atoms with Crippen molar-refractivity contribution in [3.05, 3.63) is 48.5 Å². The van der Waals surface area contributed by atoms with Gasteiger partial charge in [-0.3, -0.25) is 13.9 Å². The van der Waals surface area contributed by atoms with E-state index in [0.717, 1.165) is 0 Å². The highest BCUT2D eigenvalue weighted by molar-refractivity contribution is 7.32. The van der Waals surface area contributed by atoms with E-state index < -0.39 is 45.4 Å². The van der Waals surface area contributed by atoms with Crippen LogP contribution in [0.15, 0.2) is 43.0 Å². The molecule has 1 amide bonds. The number of nitrogens with zero attached hydrogens (tertiary/aromatic N) is 5. The lowest BCUT2D eigenvalue weighted by molar-refractivity contribution is -0.0436. The Labute approximate surface area is 214 Å². The third-order valence-electron chi connectivity index (χ3n) is 5.93. The van der Waals surface area contributed by atoms with Crippen LogP contribution in [0, 0.1) is 0 Å². The summed E-state index contributed by atoms with van der Waals surface area (Å²) in [5.74, 6) is -0.291. The van der Waals surface area contributed by atoms with Gasteiger partial charge in [-0.2, -0.15) is 0 Å². The molecule has 3 aromatic rings. The molecule has 2 aromatic heterocycles. The molecule has 3 heterocycles. The average Bonchev–Trinajstić information content (AvgIpc) is 3.47. The van der Waals surface area contributed by atoms with Crippen molar-refractivity contribution in [2.75, 3.05) is 31.6 Å². The second kappa shape index (κ2) is 13.7. The molecule has 0 aliphatic carbocycles. The first kappa shape index (κ1) is 28.8. The Balaban J connectivity index is 0.000000479. The van der Waals surface area contributed by atoms with Crippen LogP contribution in [0.1, 0.15) is 37.4 Å². The van der Waals surface area contributed by atoms with Crippen LogP contribution < -0.4 is 5.32 Å². The first-order chi connectivity index (χ1) is 17.8. The molecule has 1 saturated heterocycles. The minimum atomic E-state index is -3.45. The molecular weight excluding hydrogens is 506 g/mol. The number of fused-ring (bicyclic) bond motifs is 1. The molecule has 12 nitrogen and oxygen atoms in total. The summed E-state index contributed by atoms with van der Waals surface area (Å²) in [5.41, 5.74) is 0.768. The number of imidazole rings is 1. The number of aliphatic hydroxyl groups excluding tert-OH is 1. The zero-order chi connectivity index (χ0) is 26.9. The fourth-order valence-corrected chi connectivity index (χ4v) is 4.41. The van der Waals surface area contributed by atoms with Gasteiger partial charge in [0.15, 0.2) is 29.4 Å². The number of alkyl halides is 1. The standard InChI is InChI=1S/C17H17FN5O6P.C6H15N/c18-11-13(29-30(26)27)10(6-24)28-17(11)23-8-21-12-14(19-7-20-15(12)23)22-16(25)9-4-2-1-3-5-9;1-4-7(5-2)6-3/h1-5,7-8,10-11,13,17,24,30H,6H2,(H,26,27)(H,19,20,22,25);4-6H2,1-3H3. The number of amides is 1. The van der Waals surface area contributed by atoms with Crippen LogP contribution >= 0.6 is 8.25 Å². The molecule has 0 saturated carbocycles. The first-order valence-corrected chi connectivity index (χ1v) is 13.2. The summed E-state index contributed by atoms with van der Waals surface area (Å²) in [5, 5.41) is 12.0. The van der Waals surface area contributed by atoms with Crippen molar-refractivity contribution in [2.24, 2.45) is 0 Å². The number of carbonyl (C=O) groups is 1. The van der Waals surface area contributed by atoms with Gasteiger partial charge in [0.2, 0.25) is 0 Å². The highest BCUT2D eigenvalue weighted by atomic mass is 31.1. The van der Waals surface area contributed by atoms with E-state index in [9.17, 15) is 18.9 Å². The summed E-state index contributed by atoms with van der Waals surface area (Å²) in [6.07, 6.45) is -3.36. The topological polar surface area (TPSA) is 152 Å². The number of halogens is 1. The molecule has 14 heteroatoms. The highest BCUT2D eigenvalue weighted by Gasteiger charge is 2.48. The van der Waals surface area contributed by atoms with Crippen molar-refractivity contribution >= 4 is 31.1 Å². The number of aliphatic hydroxyl groups is 1. The minimum absolute atomic E-state index is 0.118. The lowest BCUT2D eigenvalue weighted by Crippen LogP contribution is -2.32. The summed E-state index contributed by atoms with van der Waals surface area (Å²) in [4.78, 5) is 36.0. The molecular formula is C23H32FN6O6P. The van der Waals surface area contributed by atoms with Crippen molar-refractivity contribution in [1.82, 2.24) is 24.4 Å². The van der Waals surface area contributed by atoms with Crippen LogP contribution in [0.2, 0.25) is 0 Å². The predicted octanol–water partition coefficient (Wildman–Crippen LogP) is 2.42. The smallest absolute Gasteiger partial charge is 0.317 e. The second-order valence-electron chi connectivity index (χ2n) is 8.03. The Morgan fingerprint density at radius 1 is 1.19 bits per heavy atom. The number of anilines is 1. The summed E-state index contributed by atoms with van der Waals surface area (Å²) in [7, 11) is -3.45. The quantitative estimate of drug-likeness (QED) is 0.346. The number of carbonyl (C=O) groups excluding carboxylic acids is 1. The Kier molecular flexibility index (Phi) is 10.6. The Morgan fingerprint density at radius 3 is 2.43 bits per heavy atom. The third kappa shape index (κ3) is 6.95. The summed E-state index contributed by atoms with van der Waals surface area (Å²) < 4.78 is 37.4. The number of hydrogen-bond donors (Lipinski definition) is 3. The zero-order valence-corrected chi connectivity index (χ0v) is 21.8. The molecule has 4 rings (SSSR count). The van der Waals surface area contributed by atoms with Gasteiger partial charge >= 0.3 is 8.25 Å². The molecule has 1 aliphatic rings. The summed E-state index contributed by atoms with van der Waals surface area (Å²) in [6, 6.07) is 8.48. The number of rotatable bonds is 9. The van der Waals surface area contributed by atoms with Crippen LogP contribution in [0.5, 0.6) is 0 Å². The van der Waals surface area contributed by atoms with Gasteiger partial charge in [-0.25, -0.2) is 19.3 Å². The Hall–Kier alpha value is -2.80. The zero-order valence-electron chi connectivity index (χ0n) is 20.8. The molecule has 3 N–H and O–H groups in total. The van der Waals surface area contributed by atoms with E-state index in [2.05, 4.69) is 45.9 Å². The third-order valence-corrected chi connectivity index (χ3v) is 6.40. The fraction of sp³-hybridized carbons (Fsp3) is 0.478. The van der Waals surface area contributed by atoms with Crippen molar-refractivity contribution < 1.29 is 33.0 Å². The molecule has 5 atom stereocenters. The van der Waals surface area contributed by atoms with E-state index in [0.29, 0.717) is 5.56 Å². The highest BCUT2D eigenvalue weighted by Crippen LogP contribution is 2.38. The van der Waals surface area contributed by atoms with Crippen molar-refractivity contribution in [3.8, 4) is 0 Å². The minimum Gasteiger partial charge on any atom is -0.394 e. The number of ether oxygens (including phenoxy) is 1. The van der Waals surface area contributed by atoms with Crippen molar-refractivity contribution in [2.45, 2.75) is 45.4 Å². The number of aromatic nitrogens is 4. The maximum absolute atomic E-state index is 14.9. The molecule has 1 fully saturated rings. The van der Waals surface area contributed by atoms with Crippen LogP contribution in [-0.4, -0.2) is 84.9 Å².